The Kier molecular flexibility index (Phi) is 5.88. The van der Waals surface area contributed by atoms with Gasteiger partial charge in [-0.2, -0.15) is 0 Å². The zero-order valence-electron chi connectivity index (χ0n) is 13.4. The summed E-state index contributed by atoms with van der Waals surface area (Å²) in [7, 11) is 0. The summed E-state index contributed by atoms with van der Waals surface area (Å²) in [5.74, 6) is 1.10. The molecule has 0 fully saturated rings. The van der Waals surface area contributed by atoms with E-state index in [2.05, 4.69) is 20.8 Å². The molecule has 0 radical (unpaired) electrons. The van der Waals surface area contributed by atoms with Crippen LogP contribution >= 0.6 is 23.2 Å². The fraction of sp³-hybridized carbons (Fsp3) is 0.0556. The lowest BCUT2D eigenvalue weighted by atomic mass is 10.3. The number of nitrogens with one attached hydrogen (secondary N) is 2. The molecule has 0 saturated heterocycles. The van der Waals surface area contributed by atoms with Gasteiger partial charge in [0, 0.05) is 15.7 Å². The SMILES string of the molecule is O=C(COc1ccccc1)Nc1ccc(Nc2cc(Cl)cc(Cl)c2)nn1. The van der Waals surface area contributed by atoms with Gasteiger partial charge in [0.2, 0.25) is 0 Å². The number of ether oxygens (including phenoxy) is 1. The Morgan fingerprint density at radius 3 is 2.23 bits per heavy atom. The average Bonchev–Trinajstić information content (AvgIpc) is 2.62. The van der Waals surface area contributed by atoms with Crippen LogP contribution in [0.3, 0.4) is 0 Å². The number of carbonyl (C=O) groups is 1. The van der Waals surface area contributed by atoms with E-state index in [1.807, 2.05) is 18.2 Å². The van der Waals surface area contributed by atoms with Crippen molar-refractivity contribution in [2.75, 3.05) is 17.2 Å². The highest BCUT2D eigenvalue weighted by Crippen LogP contribution is 2.24. The molecule has 3 rings (SSSR count). The number of nitrogens with zero attached hydrogens (tertiary/aromatic N) is 2. The van der Waals surface area contributed by atoms with Crippen molar-refractivity contribution in [2.24, 2.45) is 0 Å². The van der Waals surface area contributed by atoms with E-state index in [9.17, 15) is 4.79 Å². The predicted octanol–water partition coefficient (Wildman–Crippen LogP) is 4.54. The molecule has 1 heterocycles. The van der Waals surface area contributed by atoms with E-state index in [1.54, 1.807) is 42.5 Å². The molecule has 8 heteroatoms. The van der Waals surface area contributed by atoms with Crippen molar-refractivity contribution in [3.05, 3.63) is 70.7 Å². The molecule has 6 nitrogen and oxygen atoms in total. The van der Waals surface area contributed by atoms with Crippen LogP contribution in [0, 0.1) is 0 Å². The van der Waals surface area contributed by atoms with Gasteiger partial charge in [0.25, 0.3) is 5.91 Å². The number of amides is 1. The third-order valence-corrected chi connectivity index (χ3v) is 3.62. The molecule has 132 valence electrons. The quantitative estimate of drug-likeness (QED) is 0.647. The van der Waals surface area contributed by atoms with Crippen LogP contribution in [0.5, 0.6) is 5.75 Å². The van der Waals surface area contributed by atoms with Crippen molar-refractivity contribution in [1.82, 2.24) is 10.2 Å². The minimum atomic E-state index is -0.328. The molecule has 2 N–H and O–H groups in total. The Labute approximate surface area is 160 Å². The molecule has 3 aromatic rings. The summed E-state index contributed by atoms with van der Waals surface area (Å²) in [5, 5.41) is 14.6. The first-order valence-electron chi connectivity index (χ1n) is 7.63. The number of hydrogen-bond donors (Lipinski definition) is 2. The van der Waals surface area contributed by atoms with E-state index < -0.39 is 0 Å². The second kappa shape index (κ2) is 8.51. The molecule has 0 spiro atoms. The van der Waals surface area contributed by atoms with Crippen molar-refractivity contribution in [2.45, 2.75) is 0 Å². The van der Waals surface area contributed by atoms with Crippen molar-refractivity contribution in [1.29, 1.82) is 0 Å². The van der Waals surface area contributed by atoms with E-state index >= 15 is 0 Å². The van der Waals surface area contributed by atoms with Gasteiger partial charge >= 0.3 is 0 Å². The summed E-state index contributed by atoms with van der Waals surface area (Å²) in [4.78, 5) is 11.9. The fourth-order valence-electron chi connectivity index (χ4n) is 2.08. The van der Waals surface area contributed by atoms with Gasteiger partial charge in [-0.05, 0) is 42.5 Å². The van der Waals surface area contributed by atoms with Crippen molar-refractivity contribution < 1.29 is 9.53 Å². The first-order chi connectivity index (χ1) is 12.6. The lowest BCUT2D eigenvalue weighted by Crippen LogP contribution is -2.21. The van der Waals surface area contributed by atoms with E-state index in [-0.39, 0.29) is 12.5 Å². The summed E-state index contributed by atoms with van der Waals surface area (Å²) in [5.41, 5.74) is 0.685. The van der Waals surface area contributed by atoms with Gasteiger partial charge in [0.05, 0.1) is 0 Å². The maximum absolute atomic E-state index is 11.9. The zero-order chi connectivity index (χ0) is 18.4. The Balaban J connectivity index is 1.54. The first-order valence-corrected chi connectivity index (χ1v) is 8.39. The molecule has 2 aromatic carbocycles. The van der Waals surface area contributed by atoms with E-state index in [0.29, 0.717) is 33.1 Å². The smallest absolute Gasteiger partial charge is 0.263 e. The molecular weight excluding hydrogens is 375 g/mol. The van der Waals surface area contributed by atoms with Crippen molar-refractivity contribution in [3.8, 4) is 5.75 Å². The molecule has 0 aliphatic carbocycles. The third-order valence-electron chi connectivity index (χ3n) is 3.18. The largest absolute Gasteiger partial charge is 0.484 e. The molecule has 0 bridgehead atoms. The summed E-state index contributed by atoms with van der Waals surface area (Å²) in [6, 6.07) is 17.4. The normalized spacial score (nSPS) is 10.2. The number of aromatic nitrogens is 2. The maximum atomic E-state index is 11.9. The van der Waals surface area contributed by atoms with Crippen molar-refractivity contribution >= 4 is 46.4 Å². The zero-order valence-corrected chi connectivity index (χ0v) is 15.0. The number of para-hydroxylation sites is 1. The van der Waals surface area contributed by atoms with E-state index in [4.69, 9.17) is 27.9 Å². The van der Waals surface area contributed by atoms with Crippen LogP contribution in [0.25, 0.3) is 0 Å². The molecule has 0 aliphatic heterocycles. The fourth-order valence-corrected chi connectivity index (χ4v) is 2.61. The average molecular weight is 389 g/mol. The summed E-state index contributed by atoms with van der Waals surface area (Å²) >= 11 is 11.9. The van der Waals surface area contributed by atoms with E-state index in [1.165, 1.54) is 0 Å². The molecule has 1 aromatic heterocycles. The Hall–Kier alpha value is -2.83. The molecular formula is C18H14Cl2N4O2. The van der Waals surface area contributed by atoms with Gasteiger partial charge in [-0.25, -0.2) is 0 Å². The Morgan fingerprint density at radius 1 is 0.923 bits per heavy atom. The van der Waals surface area contributed by atoms with Crippen LogP contribution in [-0.2, 0) is 4.79 Å². The van der Waals surface area contributed by atoms with Gasteiger partial charge < -0.3 is 15.4 Å². The third kappa shape index (κ3) is 5.34. The van der Waals surface area contributed by atoms with Crippen LogP contribution in [-0.4, -0.2) is 22.7 Å². The lowest BCUT2D eigenvalue weighted by Gasteiger charge is -2.08. The van der Waals surface area contributed by atoms with Crippen LogP contribution < -0.4 is 15.4 Å². The van der Waals surface area contributed by atoms with Gasteiger partial charge in [0.1, 0.15) is 5.75 Å². The molecule has 0 saturated carbocycles. The number of hydrogen-bond acceptors (Lipinski definition) is 5. The van der Waals surface area contributed by atoms with E-state index in [0.717, 1.165) is 0 Å². The van der Waals surface area contributed by atoms with Gasteiger partial charge in [0.15, 0.2) is 18.2 Å². The monoisotopic (exact) mass is 388 g/mol. The van der Waals surface area contributed by atoms with Crippen LogP contribution in [0.4, 0.5) is 17.3 Å². The van der Waals surface area contributed by atoms with Crippen molar-refractivity contribution in [3.63, 3.8) is 0 Å². The van der Waals surface area contributed by atoms with Gasteiger partial charge in [-0.3, -0.25) is 4.79 Å². The summed E-state index contributed by atoms with van der Waals surface area (Å²) in [6.07, 6.45) is 0. The second-order valence-corrected chi connectivity index (χ2v) is 6.11. The number of rotatable bonds is 6. The highest BCUT2D eigenvalue weighted by molar-refractivity contribution is 6.35. The Bertz CT molecular complexity index is 869. The molecule has 26 heavy (non-hydrogen) atoms. The Morgan fingerprint density at radius 2 is 1.58 bits per heavy atom. The summed E-state index contributed by atoms with van der Waals surface area (Å²) < 4.78 is 5.37. The standard InChI is InChI=1S/C18H14Cl2N4O2/c19-12-8-13(20)10-14(9-12)21-16-6-7-17(24-23-16)22-18(25)11-26-15-4-2-1-3-5-15/h1-10H,11H2,(H,21,23)(H,22,24,25). The highest BCUT2D eigenvalue weighted by Gasteiger charge is 2.06. The predicted molar refractivity (Wildman–Crippen MR) is 102 cm³/mol. The first kappa shape index (κ1) is 18.0. The van der Waals surface area contributed by atoms with Gasteiger partial charge in [-0.1, -0.05) is 41.4 Å². The highest BCUT2D eigenvalue weighted by atomic mass is 35.5. The lowest BCUT2D eigenvalue weighted by molar-refractivity contribution is -0.118. The molecule has 0 unspecified atom stereocenters. The number of halogens is 2. The number of anilines is 3. The molecule has 1 amide bonds. The minimum Gasteiger partial charge on any atom is -0.484 e. The molecule has 0 atom stereocenters. The second-order valence-electron chi connectivity index (χ2n) is 5.24. The topological polar surface area (TPSA) is 76.1 Å². The van der Waals surface area contributed by atoms with Crippen LogP contribution in [0.2, 0.25) is 10.0 Å². The summed E-state index contributed by atoms with van der Waals surface area (Å²) in [6.45, 7) is -0.118. The van der Waals surface area contributed by atoms with Crippen LogP contribution in [0.1, 0.15) is 0 Å². The maximum Gasteiger partial charge on any atom is 0.263 e. The van der Waals surface area contributed by atoms with Crippen LogP contribution in [0.15, 0.2) is 60.7 Å². The number of benzene rings is 2. The number of carbonyl (C=O) groups excluding carboxylic acids is 1. The van der Waals surface area contributed by atoms with Gasteiger partial charge in [-0.15, -0.1) is 10.2 Å². The molecule has 0 aliphatic rings. The minimum absolute atomic E-state index is 0.118.